The maximum absolute atomic E-state index is 12.1. The van der Waals surface area contributed by atoms with Gasteiger partial charge in [-0.25, -0.2) is 0 Å². The number of carbonyl (C=O) groups excluding carboxylic acids is 1. The zero-order valence-corrected chi connectivity index (χ0v) is 12.0. The topological polar surface area (TPSA) is 72.9 Å². The molecule has 2 aromatic heterocycles. The van der Waals surface area contributed by atoms with Crippen molar-refractivity contribution in [1.29, 1.82) is 0 Å². The molecule has 1 amide bonds. The summed E-state index contributed by atoms with van der Waals surface area (Å²) in [5.74, 6) is 5.55. The van der Waals surface area contributed by atoms with Gasteiger partial charge in [-0.05, 0) is 13.8 Å². The van der Waals surface area contributed by atoms with Crippen molar-refractivity contribution < 1.29 is 4.79 Å². The van der Waals surface area contributed by atoms with Crippen LogP contribution in [0.1, 0.15) is 28.7 Å². The van der Waals surface area contributed by atoms with Crippen LogP contribution in [0.2, 0.25) is 0 Å². The second-order valence-electron chi connectivity index (χ2n) is 4.17. The lowest BCUT2D eigenvalue weighted by Gasteiger charge is -2.01. The van der Waals surface area contributed by atoms with Gasteiger partial charge in [-0.2, -0.15) is 5.10 Å². The molecule has 0 unspecified atom stereocenters. The summed E-state index contributed by atoms with van der Waals surface area (Å²) >= 11 is 1.37. The molecular formula is C13H16N4OS. The summed E-state index contributed by atoms with van der Waals surface area (Å²) in [5.41, 5.74) is 7.42. The van der Waals surface area contributed by atoms with Crippen LogP contribution in [-0.2, 0) is 7.05 Å². The smallest absolute Gasteiger partial charge is 0.263 e. The van der Waals surface area contributed by atoms with E-state index in [0.717, 1.165) is 15.9 Å². The Kier molecular flexibility index (Phi) is 3.76. The first-order chi connectivity index (χ1) is 9.06. The number of aromatic nitrogens is 2. The van der Waals surface area contributed by atoms with Crippen LogP contribution in [0, 0.1) is 18.8 Å². The van der Waals surface area contributed by atoms with E-state index in [2.05, 4.69) is 22.3 Å². The van der Waals surface area contributed by atoms with Crippen molar-refractivity contribution in [3.63, 3.8) is 0 Å². The minimum atomic E-state index is -0.143. The summed E-state index contributed by atoms with van der Waals surface area (Å²) in [5, 5.41) is 8.00. The van der Waals surface area contributed by atoms with Gasteiger partial charge >= 0.3 is 0 Å². The maximum Gasteiger partial charge on any atom is 0.263 e. The molecule has 0 fully saturated rings. The minimum Gasteiger partial charge on any atom is -0.397 e. The number of carbonyl (C=O) groups is 1. The fourth-order valence-electron chi connectivity index (χ4n) is 1.94. The fourth-order valence-corrected chi connectivity index (χ4v) is 3.04. The number of anilines is 1. The number of nitrogen functional groups attached to an aromatic ring is 1. The lowest BCUT2D eigenvalue weighted by atomic mass is 10.2. The Bertz CT molecular complexity index is 687. The molecule has 0 saturated heterocycles. The van der Waals surface area contributed by atoms with Crippen LogP contribution in [0.15, 0.2) is 0 Å². The number of hydrogen-bond acceptors (Lipinski definition) is 4. The largest absolute Gasteiger partial charge is 0.397 e. The highest BCUT2D eigenvalue weighted by atomic mass is 32.1. The van der Waals surface area contributed by atoms with Gasteiger partial charge in [-0.15, -0.1) is 23.2 Å². The molecule has 0 aliphatic carbocycles. The minimum absolute atomic E-state index is 0.143. The Hall–Kier alpha value is -2.00. The van der Waals surface area contributed by atoms with Crippen molar-refractivity contribution in [3.05, 3.63) is 10.6 Å². The Morgan fingerprint density at radius 3 is 2.95 bits per heavy atom. The normalized spacial score (nSPS) is 10.3. The van der Waals surface area contributed by atoms with E-state index >= 15 is 0 Å². The maximum atomic E-state index is 12.1. The molecule has 2 rings (SSSR count). The molecule has 0 spiro atoms. The highest BCUT2D eigenvalue weighted by Gasteiger charge is 2.20. The Balaban J connectivity index is 2.24. The highest BCUT2D eigenvalue weighted by molar-refractivity contribution is 7.21. The van der Waals surface area contributed by atoms with Gasteiger partial charge in [0, 0.05) is 20.0 Å². The summed E-state index contributed by atoms with van der Waals surface area (Å²) < 4.78 is 1.75. The molecule has 0 aliphatic heterocycles. The molecule has 0 bridgehead atoms. The van der Waals surface area contributed by atoms with Gasteiger partial charge in [0.1, 0.15) is 9.71 Å². The Morgan fingerprint density at radius 2 is 2.32 bits per heavy atom. The predicted octanol–water partition coefficient (Wildman–Crippen LogP) is 1.67. The highest BCUT2D eigenvalue weighted by Crippen LogP contribution is 2.35. The van der Waals surface area contributed by atoms with Gasteiger partial charge in [0.15, 0.2) is 0 Å². The number of nitrogens with two attached hydrogens (primary N) is 1. The first-order valence-electron chi connectivity index (χ1n) is 5.95. The third kappa shape index (κ3) is 2.42. The molecule has 2 heterocycles. The zero-order valence-electron chi connectivity index (χ0n) is 11.2. The van der Waals surface area contributed by atoms with Crippen molar-refractivity contribution in [2.45, 2.75) is 20.3 Å². The van der Waals surface area contributed by atoms with E-state index in [1.807, 2.05) is 14.0 Å². The van der Waals surface area contributed by atoms with Crippen molar-refractivity contribution in [2.24, 2.45) is 7.05 Å². The van der Waals surface area contributed by atoms with Crippen molar-refractivity contribution >= 4 is 33.1 Å². The Labute approximate surface area is 115 Å². The van der Waals surface area contributed by atoms with Gasteiger partial charge < -0.3 is 11.1 Å². The third-order valence-electron chi connectivity index (χ3n) is 2.80. The van der Waals surface area contributed by atoms with E-state index in [1.54, 1.807) is 11.6 Å². The molecule has 0 radical (unpaired) electrons. The van der Waals surface area contributed by atoms with Crippen molar-refractivity contribution in [2.75, 3.05) is 12.3 Å². The average molecular weight is 276 g/mol. The van der Waals surface area contributed by atoms with Crippen LogP contribution in [0.5, 0.6) is 0 Å². The van der Waals surface area contributed by atoms with E-state index in [-0.39, 0.29) is 5.91 Å². The number of thiophene rings is 1. The van der Waals surface area contributed by atoms with Crippen LogP contribution in [0.3, 0.4) is 0 Å². The monoisotopic (exact) mass is 276 g/mol. The summed E-state index contributed by atoms with van der Waals surface area (Å²) in [6.07, 6.45) is 0.646. The summed E-state index contributed by atoms with van der Waals surface area (Å²) in [6.45, 7) is 4.20. The van der Waals surface area contributed by atoms with Crippen LogP contribution in [0.25, 0.3) is 10.2 Å². The number of nitrogens with zero attached hydrogens (tertiary/aromatic N) is 2. The molecule has 5 nitrogen and oxygen atoms in total. The molecule has 0 aliphatic rings. The number of nitrogens with one attached hydrogen (secondary N) is 1. The van der Waals surface area contributed by atoms with E-state index < -0.39 is 0 Å². The summed E-state index contributed by atoms with van der Waals surface area (Å²) in [6, 6.07) is 0. The molecule has 0 saturated carbocycles. The lowest BCUT2D eigenvalue weighted by Crippen LogP contribution is -2.24. The van der Waals surface area contributed by atoms with Crippen LogP contribution in [-0.4, -0.2) is 22.2 Å². The molecule has 2 aromatic rings. The standard InChI is InChI=1S/C13H16N4OS/c1-4-5-6-7-15-12(18)11-10(14)9-8(2)16-17(3)13(9)19-11/h6-7,14H2,1-3H3,(H,15,18). The molecule has 19 heavy (non-hydrogen) atoms. The molecular weight excluding hydrogens is 260 g/mol. The van der Waals surface area contributed by atoms with Gasteiger partial charge in [0.2, 0.25) is 0 Å². The molecule has 3 N–H and O–H groups in total. The van der Waals surface area contributed by atoms with Crippen LogP contribution >= 0.6 is 11.3 Å². The second-order valence-corrected chi connectivity index (χ2v) is 5.17. The predicted molar refractivity (Wildman–Crippen MR) is 78.1 cm³/mol. The number of amides is 1. The lowest BCUT2D eigenvalue weighted by molar-refractivity contribution is 0.0959. The van der Waals surface area contributed by atoms with E-state index in [9.17, 15) is 4.79 Å². The number of aryl methyl sites for hydroxylation is 2. The first-order valence-corrected chi connectivity index (χ1v) is 6.77. The Morgan fingerprint density at radius 1 is 1.58 bits per heavy atom. The first kappa shape index (κ1) is 13.4. The fraction of sp³-hybridized carbons (Fsp3) is 0.385. The number of fused-ring (bicyclic) bond motifs is 1. The summed E-state index contributed by atoms with van der Waals surface area (Å²) in [4.78, 5) is 13.5. The summed E-state index contributed by atoms with van der Waals surface area (Å²) in [7, 11) is 1.85. The third-order valence-corrected chi connectivity index (χ3v) is 4.07. The van der Waals surface area contributed by atoms with Gasteiger partial charge in [0.05, 0.1) is 16.8 Å². The zero-order chi connectivity index (χ0) is 14.0. The molecule has 100 valence electrons. The van der Waals surface area contributed by atoms with Gasteiger partial charge in [-0.3, -0.25) is 9.48 Å². The molecule has 6 heteroatoms. The second kappa shape index (κ2) is 5.33. The van der Waals surface area contributed by atoms with E-state index in [0.29, 0.717) is 23.5 Å². The van der Waals surface area contributed by atoms with Crippen molar-refractivity contribution in [3.8, 4) is 11.8 Å². The van der Waals surface area contributed by atoms with Gasteiger partial charge in [-0.1, -0.05) is 0 Å². The quantitative estimate of drug-likeness (QED) is 0.661. The van der Waals surface area contributed by atoms with Crippen molar-refractivity contribution in [1.82, 2.24) is 15.1 Å². The average Bonchev–Trinajstić information content (AvgIpc) is 2.85. The van der Waals surface area contributed by atoms with E-state index in [4.69, 9.17) is 5.73 Å². The van der Waals surface area contributed by atoms with Crippen LogP contribution in [0.4, 0.5) is 5.69 Å². The molecule has 0 atom stereocenters. The number of rotatable bonds is 3. The van der Waals surface area contributed by atoms with E-state index in [1.165, 1.54) is 11.3 Å². The number of hydrogen-bond donors (Lipinski definition) is 2. The SMILES string of the molecule is CC#CCCNC(=O)c1sc2c(c(C)nn2C)c1N. The van der Waals surface area contributed by atoms with Crippen LogP contribution < -0.4 is 11.1 Å². The molecule has 0 aromatic carbocycles. The van der Waals surface area contributed by atoms with Gasteiger partial charge in [0.25, 0.3) is 5.91 Å².